The molecule has 0 atom stereocenters. The molecular weight excluding hydrogens is 370 g/mol. The normalized spacial score (nSPS) is 10.2. The third-order valence-corrected chi connectivity index (χ3v) is 3.57. The lowest BCUT2D eigenvalue weighted by Gasteiger charge is -2.13. The first-order chi connectivity index (χ1) is 12.3. The highest BCUT2D eigenvalue weighted by atomic mass is 35.5. The van der Waals surface area contributed by atoms with Gasteiger partial charge in [-0.25, -0.2) is 8.78 Å². The summed E-state index contributed by atoms with van der Waals surface area (Å²) < 4.78 is 36.5. The van der Waals surface area contributed by atoms with Crippen molar-refractivity contribution in [2.45, 2.75) is 6.42 Å². The summed E-state index contributed by atoms with van der Waals surface area (Å²) in [6.45, 7) is 0. The van der Waals surface area contributed by atoms with Crippen molar-refractivity contribution >= 4 is 34.8 Å². The Balaban J connectivity index is 2.05. The number of carbonyl (C=O) groups is 2. The minimum atomic E-state index is -0.942. The first-order valence-corrected chi connectivity index (χ1v) is 7.68. The van der Waals surface area contributed by atoms with Crippen LogP contribution >= 0.6 is 11.6 Å². The molecule has 0 saturated heterocycles. The van der Waals surface area contributed by atoms with Gasteiger partial charge in [0.15, 0.2) is 0 Å². The molecular formula is C17H15ClF2N2O4. The van der Waals surface area contributed by atoms with Crippen LogP contribution in [0.1, 0.15) is 6.42 Å². The van der Waals surface area contributed by atoms with E-state index in [1.54, 1.807) is 0 Å². The molecule has 0 aliphatic rings. The number of rotatable bonds is 6. The summed E-state index contributed by atoms with van der Waals surface area (Å²) in [7, 11) is 2.79. The van der Waals surface area contributed by atoms with E-state index in [9.17, 15) is 18.4 Å². The van der Waals surface area contributed by atoms with Crippen LogP contribution in [0.15, 0.2) is 30.3 Å². The van der Waals surface area contributed by atoms with Crippen LogP contribution in [-0.2, 0) is 9.59 Å². The molecule has 26 heavy (non-hydrogen) atoms. The van der Waals surface area contributed by atoms with Crippen LogP contribution in [0, 0.1) is 11.6 Å². The minimum absolute atomic E-state index is 0.227. The van der Waals surface area contributed by atoms with Crippen LogP contribution in [-0.4, -0.2) is 26.0 Å². The van der Waals surface area contributed by atoms with Crippen LogP contribution in [0.4, 0.5) is 20.2 Å². The topological polar surface area (TPSA) is 76.7 Å². The van der Waals surface area contributed by atoms with Crippen LogP contribution < -0.4 is 20.1 Å². The zero-order valence-electron chi connectivity index (χ0n) is 13.9. The monoisotopic (exact) mass is 384 g/mol. The van der Waals surface area contributed by atoms with Crippen LogP contribution in [0.2, 0.25) is 5.02 Å². The molecule has 0 fully saturated rings. The summed E-state index contributed by atoms with van der Waals surface area (Å²) in [5.74, 6) is -2.58. The van der Waals surface area contributed by atoms with Crippen molar-refractivity contribution in [1.82, 2.24) is 0 Å². The predicted octanol–water partition coefficient (Wildman–Crippen LogP) is 3.60. The highest BCUT2D eigenvalue weighted by Gasteiger charge is 2.16. The molecule has 2 rings (SSSR count). The van der Waals surface area contributed by atoms with Gasteiger partial charge in [-0.3, -0.25) is 9.59 Å². The molecule has 138 valence electrons. The van der Waals surface area contributed by atoms with Crippen LogP contribution in [0.5, 0.6) is 11.5 Å². The molecule has 6 nitrogen and oxygen atoms in total. The van der Waals surface area contributed by atoms with Crippen LogP contribution in [0.3, 0.4) is 0 Å². The molecule has 0 radical (unpaired) electrons. The third-order valence-electron chi connectivity index (χ3n) is 3.27. The molecule has 9 heteroatoms. The first kappa shape index (κ1) is 19.5. The van der Waals surface area contributed by atoms with E-state index in [-0.39, 0.29) is 22.1 Å². The largest absolute Gasteiger partial charge is 0.495 e. The fourth-order valence-electron chi connectivity index (χ4n) is 2.08. The number of hydrogen-bond donors (Lipinski definition) is 2. The summed E-state index contributed by atoms with van der Waals surface area (Å²) in [5, 5.41) is 4.97. The molecule has 0 aromatic heterocycles. The molecule has 0 unspecified atom stereocenters. The number of halogens is 3. The van der Waals surface area contributed by atoms with Crippen molar-refractivity contribution in [2.75, 3.05) is 24.9 Å². The van der Waals surface area contributed by atoms with E-state index in [0.717, 1.165) is 12.1 Å². The lowest BCUT2D eigenvalue weighted by atomic mass is 10.2. The predicted molar refractivity (Wildman–Crippen MR) is 92.8 cm³/mol. The van der Waals surface area contributed by atoms with Gasteiger partial charge in [0.25, 0.3) is 0 Å². The molecule has 0 bridgehead atoms. The molecule has 0 aliphatic heterocycles. The number of carbonyl (C=O) groups excluding carboxylic acids is 2. The molecule has 0 saturated carbocycles. The average molecular weight is 385 g/mol. The first-order valence-electron chi connectivity index (χ1n) is 7.30. The second kappa shape index (κ2) is 8.48. The van der Waals surface area contributed by atoms with Gasteiger partial charge in [0.2, 0.25) is 11.8 Å². The summed E-state index contributed by atoms with van der Waals surface area (Å²) in [4.78, 5) is 23.9. The van der Waals surface area contributed by atoms with Crippen molar-refractivity contribution in [1.29, 1.82) is 0 Å². The number of anilines is 2. The van der Waals surface area contributed by atoms with Gasteiger partial charge in [0, 0.05) is 18.2 Å². The lowest BCUT2D eigenvalue weighted by Crippen LogP contribution is -2.22. The zero-order chi connectivity index (χ0) is 19.3. The quantitative estimate of drug-likeness (QED) is 0.746. The standard InChI is InChI=1S/C17H15ClF2N2O4/c1-25-14-7-13(15(26-2)6-10(14)18)22-17(24)8-16(23)21-12-4-3-9(19)5-11(12)20/h3-7H,8H2,1-2H3,(H,21,23)(H,22,24). The maximum atomic E-state index is 13.5. The van der Waals surface area contributed by atoms with Crippen molar-refractivity contribution in [3.8, 4) is 11.5 Å². The number of amides is 2. The van der Waals surface area contributed by atoms with Gasteiger partial charge in [-0.05, 0) is 12.1 Å². The minimum Gasteiger partial charge on any atom is -0.495 e. The van der Waals surface area contributed by atoms with Crippen molar-refractivity contribution in [3.05, 3.63) is 47.0 Å². The van der Waals surface area contributed by atoms with Gasteiger partial charge in [-0.15, -0.1) is 0 Å². The molecule has 0 spiro atoms. The van der Waals surface area contributed by atoms with E-state index in [4.69, 9.17) is 21.1 Å². The summed E-state index contributed by atoms with van der Waals surface area (Å²) in [6.07, 6.45) is -0.592. The Morgan fingerprint density at radius 2 is 1.58 bits per heavy atom. The van der Waals surface area contributed by atoms with Crippen molar-refractivity contribution in [2.24, 2.45) is 0 Å². The maximum Gasteiger partial charge on any atom is 0.233 e. The highest BCUT2D eigenvalue weighted by Crippen LogP contribution is 2.35. The summed E-state index contributed by atoms with van der Waals surface area (Å²) >= 11 is 5.97. The SMILES string of the molecule is COc1cc(NC(=O)CC(=O)Nc2ccc(F)cc2F)c(OC)cc1Cl. The Kier molecular flexibility index (Phi) is 6.35. The Labute approximate surface area is 153 Å². The second-order valence-corrected chi connectivity index (χ2v) is 5.49. The van der Waals surface area contributed by atoms with E-state index in [1.807, 2.05) is 0 Å². The van der Waals surface area contributed by atoms with Gasteiger partial charge in [0.1, 0.15) is 29.6 Å². The third kappa shape index (κ3) is 4.82. The Hall–Kier alpha value is -2.87. The Morgan fingerprint density at radius 3 is 2.15 bits per heavy atom. The Morgan fingerprint density at radius 1 is 0.962 bits per heavy atom. The van der Waals surface area contributed by atoms with E-state index >= 15 is 0 Å². The molecule has 2 aromatic carbocycles. The highest BCUT2D eigenvalue weighted by molar-refractivity contribution is 6.32. The Bertz CT molecular complexity index is 846. The molecule has 0 heterocycles. The van der Waals surface area contributed by atoms with Gasteiger partial charge in [-0.1, -0.05) is 11.6 Å². The fourth-order valence-corrected chi connectivity index (χ4v) is 2.31. The number of benzene rings is 2. The maximum absolute atomic E-state index is 13.5. The fraction of sp³-hybridized carbons (Fsp3) is 0.176. The van der Waals surface area contributed by atoms with E-state index in [0.29, 0.717) is 11.8 Å². The van der Waals surface area contributed by atoms with Gasteiger partial charge in [-0.2, -0.15) is 0 Å². The lowest BCUT2D eigenvalue weighted by molar-refractivity contribution is -0.123. The molecule has 2 N–H and O–H groups in total. The van der Waals surface area contributed by atoms with E-state index in [2.05, 4.69) is 10.6 Å². The average Bonchev–Trinajstić information content (AvgIpc) is 2.58. The van der Waals surface area contributed by atoms with Crippen LogP contribution in [0.25, 0.3) is 0 Å². The second-order valence-electron chi connectivity index (χ2n) is 5.08. The number of hydrogen-bond acceptors (Lipinski definition) is 4. The number of methoxy groups -OCH3 is 2. The van der Waals surface area contributed by atoms with E-state index in [1.165, 1.54) is 26.4 Å². The van der Waals surface area contributed by atoms with Crippen molar-refractivity contribution < 1.29 is 27.8 Å². The molecule has 0 aliphatic carbocycles. The number of ether oxygens (including phenoxy) is 2. The van der Waals surface area contributed by atoms with Crippen molar-refractivity contribution in [3.63, 3.8) is 0 Å². The summed E-state index contributed by atoms with van der Waals surface area (Å²) in [5.41, 5.74) is 0.0226. The van der Waals surface area contributed by atoms with Gasteiger partial charge >= 0.3 is 0 Å². The number of nitrogens with one attached hydrogen (secondary N) is 2. The van der Waals surface area contributed by atoms with E-state index < -0.39 is 29.9 Å². The zero-order valence-corrected chi connectivity index (χ0v) is 14.6. The van der Waals surface area contributed by atoms with Gasteiger partial charge in [0.05, 0.1) is 30.6 Å². The molecule has 2 amide bonds. The summed E-state index contributed by atoms with van der Waals surface area (Å²) in [6, 6.07) is 5.57. The van der Waals surface area contributed by atoms with Gasteiger partial charge < -0.3 is 20.1 Å². The smallest absolute Gasteiger partial charge is 0.233 e. The molecule has 2 aromatic rings.